The van der Waals surface area contributed by atoms with Crippen molar-refractivity contribution in [3.63, 3.8) is 0 Å². The average molecular weight is 258 g/mol. The number of benzene rings is 1. The Morgan fingerprint density at radius 3 is 2.35 bits per heavy atom. The fraction of sp³-hybridized carbons (Fsp3) is 0.364. The molecule has 0 heterocycles. The summed E-state index contributed by atoms with van der Waals surface area (Å²) in [7, 11) is -0.481. The molecule has 0 radical (unpaired) electrons. The first-order valence-electron chi connectivity index (χ1n) is 4.80. The molecule has 0 saturated carbocycles. The summed E-state index contributed by atoms with van der Waals surface area (Å²) in [5.41, 5.74) is 0.206. The number of ether oxygens (including phenoxy) is 2. The predicted molar refractivity (Wildman–Crippen MR) is 63.6 cm³/mol. The molecule has 0 aliphatic carbocycles. The van der Waals surface area contributed by atoms with Crippen LogP contribution in [-0.2, 0) is 9.84 Å². The monoisotopic (exact) mass is 258 g/mol. The van der Waals surface area contributed by atoms with Crippen LogP contribution in [-0.4, -0.2) is 40.4 Å². The van der Waals surface area contributed by atoms with Gasteiger partial charge in [-0.1, -0.05) is 0 Å². The smallest absolute Gasteiger partial charge is 0.181 e. The van der Waals surface area contributed by atoms with E-state index in [1.807, 2.05) is 0 Å². The molecule has 5 nitrogen and oxygen atoms in total. The van der Waals surface area contributed by atoms with Crippen LogP contribution in [0, 0.1) is 0 Å². The SMILES string of the molecule is COc1ccc(OC)c(C(=O)CS(C)(=O)=O)c1. The van der Waals surface area contributed by atoms with Crippen molar-refractivity contribution in [1.82, 2.24) is 0 Å². The number of sulfone groups is 1. The largest absolute Gasteiger partial charge is 0.497 e. The fourth-order valence-corrected chi connectivity index (χ4v) is 1.98. The van der Waals surface area contributed by atoms with Gasteiger partial charge < -0.3 is 9.47 Å². The van der Waals surface area contributed by atoms with Crippen molar-refractivity contribution in [2.24, 2.45) is 0 Å². The van der Waals surface area contributed by atoms with E-state index in [9.17, 15) is 13.2 Å². The van der Waals surface area contributed by atoms with Crippen molar-refractivity contribution in [2.75, 3.05) is 26.2 Å². The molecule has 1 rings (SSSR count). The molecule has 94 valence electrons. The molecule has 0 saturated heterocycles. The summed E-state index contributed by atoms with van der Waals surface area (Å²) < 4.78 is 32.1. The highest BCUT2D eigenvalue weighted by atomic mass is 32.2. The summed E-state index contributed by atoms with van der Waals surface area (Å²) in [6.07, 6.45) is 1.01. The van der Waals surface area contributed by atoms with E-state index in [0.717, 1.165) is 6.26 Å². The van der Waals surface area contributed by atoms with E-state index in [0.29, 0.717) is 11.5 Å². The van der Waals surface area contributed by atoms with E-state index in [1.165, 1.54) is 20.3 Å². The molecule has 6 heteroatoms. The van der Waals surface area contributed by atoms with Crippen LogP contribution in [0.3, 0.4) is 0 Å². The van der Waals surface area contributed by atoms with Crippen LogP contribution in [0.25, 0.3) is 0 Å². The van der Waals surface area contributed by atoms with E-state index in [-0.39, 0.29) is 5.56 Å². The second-order valence-corrected chi connectivity index (χ2v) is 5.70. The van der Waals surface area contributed by atoms with Gasteiger partial charge in [-0.15, -0.1) is 0 Å². The van der Waals surface area contributed by atoms with Gasteiger partial charge in [0.1, 0.15) is 17.3 Å². The quantitative estimate of drug-likeness (QED) is 0.735. The van der Waals surface area contributed by atoms with Gasteiger partial charge >= 0.3 is 0 Å². The minimum absolute atomic E-state index is 0.206. The highest BCUT2D eigenvalue weighted by molar-refractivity contribution is 7.91. The highest BCUT2D eigenvalue weighted by Crippen LogP contribution is 2.24. The number of rotatable bonds is 5. The number of carbonyl (C=O) groups is 1. The number of Topliss-reactive ketones (excluding diaryl/α,β-unsaturated/α-hetero) is 1. The lowest BCUT2D eigenvalue weighted by atomic mass is 10.1. The molecule has 0 aromatic heterocycles. The van der Waals surface area contributed by atoms with Gasteiger partial charge in [-0.2, -0.15) is 0 Å². The topological polar surface area (TPSA) is 69.7 Å². The van der Waals surface area contributed by atoms with Crippen LogP contribution in [0.15, 0.2) is 18.2 Å². The molecule has 0 aliphatic heterocycles. The van der Waals surface area contributed by atoms with Gasteiger partial charge in [0.25, 0.3) is 0 Å². The third-order valence-electron chi connectivity index (χ3n) is 2.10. The summed E-state index contributed by atoms with van der Waals surface area (Å²) in [6, 6.07) is 4.66. The van der Waals surface area contributed by atoms with Gasteiger partial charge in [0.15, 0.2) is 15.6 Å². The number of ketones is 1. The van der Waals surface area contributed by atoms with Crippen molar-refractivity contribution < 1.29 is 22.7 Å². The van der Waals surface area contributed by atoms with Crippen molar-refractivity contribution in [2.45, 2.75) is 0 Å². The molecule has 1 aromatic rings. The van der Waals surface area contributed by atoms with Crippen LogP contribution < -0.4 is 9.47 Å². The molecule has 1 aromatic carbocycles. The van der Waals surface area contributed by atoms with Crippen LogP contribution >= 0.6 is 0 Å². The zero-order valence-corrected chi connectivity index (χ0v) is 10.7. The first-order chi connectivity index (χ1) is 7.87. The van der Waals surface area contributed by atoms with Crippen molar-refractivity contribution in [3.05, 3.63) is 23.8 Å². The van der Waals surface area contributed by atoms with E-state index in [1.54, 1.807) is 12.1 Å². The summed E-state index contributed by atoms with van der Waals surface area (Å²) in [5, 5.41) is 0. The lowest BCUT2D eigenvalue weighted by Crippen LogP contribution is -2.15. The molecule has 0 atom stereocenters. The van der Waals surface area contributed by atoms with Crippen LogP contribution in [0.2, 0.25) is 0 Å². The summed E-state index contributed by atoms with van der Waals surface area (Å²) in [5.74, 6) is -0.248. The lowest BCUT2D eigenvalue weighted by molar-refractivity contribution is 0.101. The van der Waals surface area contributed by atoms with Gasteiger partial charge in [-0.25, -0.2) is 8.42 Å². The first kappa shape index (κ1) is 13.5. The maximum Gasteiger partial charge on any atom is 0.181 e. The number of hydrogen-bond donors (Lipinski definition) is 0. The Labute approximate surface area is 100 Å². The molecule has 0 amide bonds. The Hall–Kier alpha value is -1.56. The van der Waals surface area contributed by atoms with Gasteiger partial charge in [0, 0.05) is 6.26 Å². The molecular formula is C11H14O5S. The van der Waals surface area contributed by atoms with Crippen molar-refractivity contribution in [3.8, 4) is 11.5 Å². The minimum atomic E-state index is -3.36. The average Bonchev–Trinajstić information content (AvgIpc) is 2.25. The summed E-state index contributed by atoms with van der Waals surface area (Å²) in [6.45, 7) is 0. The Balaban J connectivity index is 3.14. The Bertz CT molecular complexity index is 519. The zero-order valence-electron chi connectivity index (χ0n) is 9.89. The number of carbonyl (C=O) groups excluding carboxylic acids is 1. The maximum absolute atomic E-state index is 11.8. The number of methoxy groups -OCH3 is 2. The molecule has 0 aliphatic rings. The maximum atomic E-state index is 11.8. The summed E-state index contributed by atoms with van der Waals surface area (Å²) in [4.78, 5) is 11.8. The molecule has 17 heavy (non-hydrogen) atoms. The van der Waals surface area contributed by atoms with Gasteiger partial charge in [0.05, 0.1) is 19.8 Å². The van der Waals surface area contributed by atoms with E-state index < -0.39 is 21.4 Å². The van der Waals surface area contributed by atoms with Crippen molar-refractivity contribution >= 4 is 15.6 Å². The van der Waals surface area contributed by atoms with Gasteiger partial charge in [0.2, 0.25) is 0 Å². The Morgan fingerprint density at radius 1 is 1.24 bits per heavy atom. The second kappa shape index (κ2) is 5.18. The van der Waals surface area contributed by atoms with Crippen LogP contribution in [0.5, 0.6) is 11.5 Å². The van der Waals surface area contributed by atoms with Crippen LogP contribution in [0.1, 0.15) is 10.4 Å². The van der Waals surface area contributed by atoms with Gasteiger partial charge in [-0.05, 0) is 18.2 Å². The normalized spacial score (nSPS) is 11.0. The van der Waals surface area contributed by atoms with E-state index >= 15 is 0 Å². The predicted octanol–water partition coefficient (Wildman–Crippen LogP) is 0.931. The third kappa shape index (κ3) is 3.74. The summed E-state index contributed by atoms with van der Waals surface area (Å²) >= 11 is 0. The second-order valence-electron chi connectivity index (χ2n) is 3.56. The third-order valence-corrected chi connectivity index (χ3v) is 2.89. The Morgan fingerprint density at radius 2 is 1.88 bits per heavy atom. The van der Waals surface area contributed by atoms with E-state index in [2.05, 4.69) is 0 Å². The zero-order chi connectivity index (χ0) is 13.1. The molecule has 0 bridgehead atoms. The Kier molecular flexibility index (Phi) is 4.11. The molecule has 0 N–H and O–H groups in total. The first-order valence-corrected chi connectivity index (χ1v) is 6.86. The standard InChI is InChI=1S/C11H14O5S/c1-15-8-4-5-11(16-2)9(6-8)10(12)7-17(3,13)14/h4-6H,7H2,1-3H3. The van der Waals surface area contributed by atoms with E-state index in [4.69, 9.17) is 9.47 Å². The molecule has 0 spiro atoms. The fourth-order valence-electron chi connectivity index (χ4n) is 1.35. The molecular weight excluding hydrogens is 244 g/mol. The highest BCUT2D eigenvalue weighted by Gasteiger charge is 2.18. The minimum Gasteiger partial charge on any atom is -0.497 e. The van der Waals surface area contributed by atoms with Crippen LogP contribution in [0.4, 0.5) is 0 Å². The van der Waals surface area contributed by atoms with Crippen molar-refractivity contribution in [1.29, 1.82) is 0 Å². The number of hydrogen-bond acceptors (Lipinski definition) is 5. The molecule has 0 unspecified atom stereocenters. The molecule has 0 fully saturated rings. The lowest BCUT2D eigenvalue weighted by Gasteiger charge is -2.09. The van der Waals surface area contributed by atoms with Gasteiger partial charge in [-0.3, -0.25) is 4.79 Å².